The zero-order valence-corrected chi connectivity index (χ0v) is 12.5. The van der Waals surface area contributed by atoms with E-state index >= 15 is 0 Å². The topological polar surface area (TPSA) is 30.5 Å². The summed E-state index contributed by atoms with van der Waals surface area (Å²) in [5.41, 5.74) is 1.56. The molecule has 1 unspecified atom stereocenters. The molecular weight excluding hydrogens is 269 g/mol. The Morgan fingerprint density at radius 1 is 1.10 bits per heavy atom. The predicted octanol–water partition coefficient (Wildman–Crippen LogP) is 3.89. The molecule has 0 saturated carbocycles. The molecule has 0 aromatic heterocycles. The second kappa shape index (κ2) is 6.97. The van der Waals surface area contributed by atoms with E-state index in [9.17, 15) is 4.39 Å². The first-order valence-electron chi connectivity index (χ1n) is 6.86. The van der Waals surface area contributed by atoms with Crippen LogP contribution in [0.25, 0.3) is 0 Å². The van der Waals surface area contributed by atoms with Gasteiger partial charge >= 0.3 is 0 Å². The normalized spacial score (nSPS) is 11.8. The fourth-order valence-electron chi connectivity index (χ4n) is 2.23. The second-order valence-electron chi connectivity index (χ2n) is 4.91. The molecule has 2 rings (SSSR count). The Kier molecular flexibility index (Phi) is 5.04. The molecule has 0 spiro atoms. The maximum Gasteiger partial charge on any atom is 0.145 e. The standard InChI is InChI=1S/C17H20FNO2/c1-12(10-13-6-4-5-7-15(13)18)19-16-9-8-14(20-2)11-17(16)21-3/h4-9,11-12,19H,10H2,1-3H3. The first-order chi connectivity index (χ1) is 10.1. The molecule has 0 bridgehead atoms. The lowest BCUT2D eigenvalue weighted by molar-refractivity contribution is 0.395. The highest BCUT2D eigenvalue weighted by atomic mass is 19.1. The quantitative estimate of drug-likeness (QED) is 0.875. The van der Waals surface area contributed by atoms with Gasteiger partial charge in [-0.15, -0.1) is 0 Å². The van der Waals surface area contributed by atoms with Gasteiger partial charge in [-0.2, -0.15) is 0 Å². The first kappa shape index (κ1) is 15.2. The molecule has 4 heteroatoms. The Hall–Kier alpha value is -2.23. The van der Waals surface area contributed by atoms with Crippen molar-refractivity contribution in [3.05, 3.63) is 53.8 Å². The largest absolute Gasteiger partial charge is 0.497 e. The van der Waals surface area contributed by atoms with E-state index in [-0.39, 0.29) is 11.9 Å². The molecule has 0 amide bonds. The van der Waals surface area contributed by atoms with Gasteiger partial charge in [0.1, 0.15) is 17.3 Å². The molecule has 1 atom stereocenters. The number of benzene rings is 2. The molecule has 1 N–H and O–H groups in total. The van der Waals surface area contributed by atoms with E-state index in [1.807, 2.05) is 31.2 Å². The number of anilines is 1. The van der Waals surface area contributed by atoms with Crippen molar-refractivity contribution < 1.29 is 13.9 Å². The van der Waals surface area contributed by atoms with Crippen LogP contribution < -0.4 is 14.8 Å². The summed E-state index contributed by atoms with van der Waals surface area (Å²) in [6.45, 7) is 2.01. The molecule has 112 valence electrons. The van der Waals surface area contributed by atoms with Gasteiger partial charge in [0.25, 0.3) is 0 Å². The lowest BCUT2D eigenvalue weighted by Gasteiger charge is -2.18. The van der Waals surface area contributed by atoms with E-state index in [2.05, 4.69) is 5.32 Å². The van der Waals surface area contributed by atoms with Gasteiger partial charge in [0.05, 0.1) is 19.9 Å². The molecule has 2 aromatic carbocycles. The minimum atomic E-state index is -0.173. The zero-order valence-electron chi connectivity index (χ0n) is 12.5. The number of halogens is 1. The van der Waals surface area contributed by atoms with Crippen molar-refractivity contribution in [3.8, 4) is 11.5 Å². The van der Waals surface area contributed by atoms with Crippen molar-refractivity contribution in [3.63, 3.8) is 0 Å². The van der Waals surface area contributed by atoms with E-state index in [0.717, 1.165) is 11.4 Å². The molecular formula is C17H20FNO2. The van der Waals surface area contributed by atoms with E-state index < -0.39 is 0 Å². The Bertz CT molecular complexity index is 601. The van der Waals surface area contributed by atoms with Crippen LogP contribution in [0.1, 0.15) is 12.5 Å². The lowest BCUT2D eigenvalue weighted by Crippen LogP contribution is -2.19. The van der Waals surface area contributed by atoms with Crippen LogP contribution in [0.4, 0.5) is 10.1 Å². The Morgan fingerprint density at radius 2 is 1.86 bits per heavy atom. The van der Waals surface area contributed by atoms with E-state index in [0.29, 0.717) is 17.7 Å². The molecule has 0 fully saturated rings. The smallest absolute Gasteiger partial charge is 0.145 e. The third-order valence-electron chi connectivity index (χ3n) is 3.29. The lowest BCUT2D eigenvalue weighted by atomic mass is 10.1. The summed E-state index contributed by atoms with van der Waals surface area (Å²) in [6, 6.07) is 12.5. The van der Waals surface area contributed by atoms with Gasteiger partial charge in [0.15, 0.2) is 0 Å². The van der Waals surface area contributed by atoms with Gasteiger partial charge in [0, 0.05) is 12.1 Å². The highest BCUT2D eigenvalue weighted by Crippen LogP contribution is 2.29. The number of hydrogen-bond acceptors (Lipinski definition) is 3. The van der Waals surface area contributed by atoms with Gasteiger partial charge in [-0.3, -0.25) is 0 Å². The highest BCUT2D eigenvalue weighted by molar-refractivity contribution is 5.59. The van der Waals surface area contributed by atoms with Crippen molar-refractivity contribution >= 4 is 5.69 Å². The molecule has 0 heterocycles. The maximum absolute atomic E-state index is 13.7. The molecule has 0 aliphatic carbocycles. The van der Waals surface area contributed by atoms with Crippen LogP contribution in [0, 0.1) is 5.82 Å². The Balaban J connectivity index is 2.09. The molecule has 0 aliphatic rings. The van der Waals surface area contributed by atoms with Gasteiger partial charge < -0.3 is 14.8 Å². The van der Waals surface area contributed by atoms with Gasteiger partial charge in [-0.05, 0) is 37.1 Å². The second-order valence-corrected chi connectivity index (χ2v) is 4.91. The summed E-state index contributed by atoms with van der Waals surface area (Å²) >= 11 is 0. The van der Waals surface area contributed by atoms with Crippen molar-refractivity contribution in [2.45, 2.75) is 19.4 Å². The van der Waals surface area contributed by atoms with Crippen molar-refractivity contribution in [2.24, 2.45) is 0 Å². The van der Waals surface area contributed by atoms with Crippen LogP contribution in [0.5, 0.6) is 11.5 Å². The van der Waals surface area contributed by atoms with E-state index in [1.54, 1.807) is 26.4 Å². The van der Waals surface area contributed by atoms with Crippen LogP contribution in [-0.2, 0) is 6.42 Å². The summed E-state index contributed by atoms with van der Waals surface area (Å²) in [6.07, 6.45) is 0.599. The fourth-order valence-corrected chi connectivity index (χ4v) is 2.23. The fraction of sp³-hybridized carbons (Fsp3) is 0.294. The van der Waals surface area contributed by atoms with Gasteiger partial charge in [-0.25, -0.2) is 4.39 Å². The third kappa shape index (κ3) is 3.88. The molecule has 3 nitrogen and oxygen atoms in total. The van der Waals surface area contributed by atoms with Crippen LogP contribution >= 0.6 is 0 Å². The van der Waals surface area contributed by atoms with Crippen LogP contribution in [0.2, 0.25) is 0 Å². The number of methoxy groups -OCH3 is 2. The number of ether oxygens (including phenoxy) is 2. The summed E-state index contributed by atoms with van der Waals surface area (Å²) in [4.78, 5) is 0. The Labute approximate surface area is 124 Å². The van der Waals surface area contributed by atoms with Crippen molar-refractivity contribution in [2.75, 3.05) is 19.5 Å². The van der Waals surface area contributed by atoms with E-state index in [1.165, 1.54) is 6.07 Å². The van der Waals surface area contributed by atoms with Crippen molar-refractivity contribution in [1.29, 1.82) is 0 Å². The summed E-state index contributed by atoms with van der Waals surface area (Å²) in [5.74, 6) is 1.27. The Morgan fingerprint density at radius 3 is 2.52 bits per heavy atom. The highest BCUT2D eigenvalue weighted by Gasteiger charge is 2.11. The molecule has 0 saturated heterocycles. The van der Waals surface area contributed by atoms with E-state index in [4.69, 9.17) is 9.47 Å². The maximum atomic E-state index is 13.7. The first-order valence-corrected chi connectivity index (χ1v) is 6.86. The zero-order chi connectivity index (χ0) is 15.2. The third-order valence-corrected chi connectivity index (χ3v) is 3.29. The number of hydrogen-bond donors (Lipinski definition) is 1. The van der Waals surface area contributed by atoms with Crippen LogP contribution in [-0.4, -0.2) is 20.3 Å². The number of nitrogens with one attached hydrogen (secondary N) is 1. The SMILES string of the molecule is COc1ccc(NC(C)Cc2ccccc2F)c(OC)c1. The summed E-state index contributed by atoms with van der Waals surface area (Å²) < 4.78 is 24.2. The van der Waals surface area contributed by atoms with Crippen molar-refractivity contribution in [1.82, 2.24) is 0 Å². The predicted molar refractivity (Wildman–Crippen MR) is 82.7 cm³/mol. The number of rotatable bonds is 6. The molecule has 2 aromatic rings. The summed E-state index contributed by atoms with van der Waals surface area (Å²) in [7, 11) is 3.23. The summed E-state index contributed by atoms with van der Waals surface area (Å²) in [5, 5.41) is 3.34. The van der Waals surface area contributed by atoms with Gasteiger partial charge in [0.2, 0.25) is 0 Å². The molecule has 0 aliphatic heterocycles. The van der Waals surface area contributed by atoms with Crippen LogP contribution in [0.3, 0.4) is 0 Å². The molecule has 21 heavy (non-hydrogen) atoms. The molecule has 0 radical (unpaired) electrons. The minimum Gasteiger partial charge on any atom is -0.497 e. The average Bonchev–Trinajstić information content (AvgIpc) is 2.50. The monoisotopic (exact) mass is 289 g/mol. The average molecular weight is 289 g/mol. The van der Waals surface area contributed by atoms with Crippen LogP contribution in [0.15, 0.2) is 42.5 Å². The minimum absolute atomic E-state index is 0.0733. The van der Waals surface area contributed by atoms with Gasteiger partial charge in [-0.1, -0.05) is 18.2 Å².